The second kappa shape index (κ2) is 6.14. The molecule has 0 bridgehead atoms. The molecule has 1 aliphatic carbocycles. The van der Waals surface area contributed by atoms with Gasteiger partial charge in [0.2, 0.25) is 0 Å². The van der Waals surface area contributed by atoms with Crippen LogP contribution in [0.5, 0.6) is 0 Å². The predicted octanol–water partition coefficient (Wildman–Crippen LogP) is 0.192. The van der Waals surface area contributed by atoms with Gasteiger partial charge in [-0.1, -0.05) is 19.8 Å². The molecule has 1 heterocycles. The highest BCUT2D eigenvalue weighted by Crippen LogP contribution is 2.26. The van der Waals surface area contributed by atoms with Crippen LogP contribution in [-0.4, -0.2) is 59.5 Å². The van der Waals surface area contributed by atoms with E-state index in [1.807, 2.05) is 0 Å². The van der Waals surface area contributed by atoms with Gasteiger partial charge in [0.1, 0.15) is 0 Å². The summed E-state index contributed by atoms with van der Waals surface area (Å²) in [6, 6.07) is 0.628. The fourth-order valence-electron chi connectivity index (χ4n) is 3.28. The first-order valence-electron chi connectivity index (χ1n) is 7.02. The Morgan fingerprint density at radius 2 is 1.76 bits per heavy atom. The highest BCUT2D eigenvalue weighted by molar-refractivity contribution is 4.88. The van der Waals surface area contributed by atoms with Gasteiger partial charge in [-0.25, -0.2) is 0 Å². The highest BCUT2D eigenvalue weighted by atomic mass is 16.3. The molecular formula is C13H26N2O2. The van der Waals surface area contributed by atoms with Crippen molar-refractivity contribution in [2.75, 3.05) is 26.2 Å². The summed E-state index contributed by atoms with van der Waals surface area (Å²) in [5.41, 5.74) is 0. The minimum absolute atomic E-state index is 0.545. The predicted molar refractivity (Wildman–Crippen MR) is 67.9 cm³/mol. The number of rotatable bonds is 4. The minimum Gasteiger partial charge on any atom is -0.389 e. The lowest BCUT2D eigenvalue weighted by Crippen LogP contribution is -2.44. The summed E-state index contributed by atoms with van der Waals surface area (Å²) in [6.07, 6.45) is 4.12. The Bertz CT molecular complexity index is 225. The number of β-amino-alcohol motifs (C(OH)–C–C–N with tert-alkyl or cyclic N) is 2. The molecule has 4 nitrogen and oxygen atoms in total. The number of nitrogens with one attached hydrogen (secondary N) is 1. The lowest BCUT2D eigenvalue weighted by Gasteiger charge is -2.34. The maximum Gasteiger partial charge on any atom is 0.0938 e. The largest absolute Gasteiger partial charge is 0.389 e. The van der Waals surface area contributed by atoms with Crippen molar-refractivity contribution >= 4 is 0 Å². The zero-order chi connectivity index (χ0) is 12.3. The van der Waals surface area contributed by atoms with E-state index < -0.39 is 12.2 Å². The molecule has 0 aromatic carbocycles. The van der Waals surface area contributed by atoms with Crippen molar-refractivity contribution in [1.29, 1.82) is 0 Å². The zero-order valence-electron chi connectivity index (χ0n) is 10.8. The Hall–Kier alpha value is -0.160. The first-order valence-corrected chi connectivity index (χ1v) is 7.02. The Morgan fingerprint density at radius 3 is 2.41 bits per heavy atom. The first kappa shape index (κ1) is 13.3. The van der Waals surface area contributed by atoms with E-state index in [4.69, 9.17) is 0 Å². The number of likely N-dealkylation sites (tertiary alicyclic amines) is 1. The highest BCUT2D eigenvalue weighted by Gasteiger charge is 2.33. The Morgan fingerprint density at radius 1 is 1.12 bits per heavy atom. The maximum absolute atomic E-state index is 9.56. The van der Waals surface area contributed by atoms with Gasteiger partial charge in [-0.05, 0) is 25.3 Å². The van der Waals surface area contributed by atoms with Crippen LogP contribution in [0.25, 0.3) is 0 Å². The van der Waals surface area contributed by atoms with Crippen molar-refractivity contribution in [1.82, 2.24) is 10.2 Å². The molecule has 1 saturated heterocycles. The third kappa shape index (κ3) is 3.41. The van der Waals surface area contributed by atoms with Gasteiger partial charge in [0.05, 0.1) is 12.2 Å². The van der Waals surface area contributed by atoms with Gasteiger partial charge in [-0.3, -0.25) is 4.90 Å². The molecule has 3 N–H and O–H groups in total. The van der Waals surface area contributed by atoms with Gasteiger partial charge >= 0.3 is 0 Å². The van der Waals surface area contributed by atoms with Crippen LogP contribution in [0.4, 0.5) is 0 Å². The van der Waals surface area contributed by atoms with E-state index in [0.29, 0.717) is 25.0 Å². The summed E-state index contributed by atoms with van der Waals surface area (Å²) in [4.78, 5) is 2.22. The van der Waals surface area contributed by atoms with Crippen molar-refractivity contribution in [3.05, 3.63) is 0 Å². The molecular weight excluding hydrogens is 216 g/mol. The van der Waals surface area contributed by atoms with E-state index in [2.05, 4.69) is 17.1 Å². The number of hydrogen-bond donors (Lipinski definition) is 3. The molecule has 4 atom stereocenters. The number of hydrogen-bond acceptors (Lipinski definition) is 4. The van der Waals surface area contributed by atoms with Gasteiger partial charge in [0.15, 0.2) is 0 Å². The summed E-state index contributed by atoms with van der Waals surface area (Å²) < 4.78 is 0. The minimum atomic E-state index is -0.545. The van der Waals surface area contributed by atoms with E-state index in [-0.39, 0.29) is 0 Å². The van der Waals surface area contributed by atoms with E-state index in [1.165, 1.54) is 25.7 Å². The third-order valence-electron chi connectivity index (χ3n) is 4.20. The molecule has 1 aliphatic heterocycles. The lowest BCUT2D eigenvalue weighted by atomic mass is 9.84. The molecule has 0 aromatic rings. The quantitative estimate of drug-likeness (QED) is 0.659. The van der Waals surface area contributed by atoms with E-state index >= 15 is 0 Å². The standard InChI is InChI=1S/C13H26N2O2/c1-2-14-11-6-4-3-5-10(11)7-15-8-12(16)13(17)9-15/h10-14,16-17H,2-9H2,1H3. The van der Waals surface area contributed by atoms with Crippen molar-refractivity contribution in [2.45, 2.75) is 50.9 Å². The fourth-order valence-corrected chi connectivity index (χ4v) is 3.28. The van der Waals surface area contributed by atoms with Crippen LogP contribution in [0.2, 0.25) is 0 Å². The summed E-state index contributed by atoms with van der Waals surface area (Å²) in [7, 11) is 0. The van der Waals surface area contributed by atoms with Crippen molar-refractivity contribution in [3.8, 4) is 0 Å². The normalized spacial score (nSPS) is 39.7. The first-order chi connectivity index (χ1) is 8.20. The van der Waals surface area contributed by atoms with Gasteiger partial charge in [0.25, 0.3) is 0 Å². The SMILES string of the molecule is CCNC1CCCCC1CN1CC(O)C(O)C1. The molecule has 1 saturated carbocycles. The number of aliphatic hydroxyl groups excluding tert-OH is 2. The Balaban J connectivity index is 1.83. The van der Waals surface area contributed by atoms with Gasteiger partial charge in [-0.15, -0.1) is 0 Å². The van der Waals surface area contributed by atoms with Crippen molar-refractivity contribution < 1.29 is 10.2 Å². The molecule has 0 radical (unpaired) electrons. The van der Waals surface area contributed by atoms with Crippen LogP contribution in [0.3, 0.4) is 0 Å². The van der Waals surface area contributed by atoms with Gasteiger partial charge in [0, 0.05) is 25.7 Å². The smallest absolute Gasteiger partial charge is 0.0938 e. The van der Waals surface area contributed by atoms with Crippen LogP contribution in [0.15, 0.2) is 0 Å². The van der Waals surface area contributed by atoms with Crippen LogP contribution < -0.4 is 5.32 Å². The molecule has 4 unspecified atom stereocenters. The number of nitrogens with zero attached hydrogens (tertiary/aromatic N) is 1. The number of aliphatic hydroxyl groups is 2. The lowest BCUT2D eigenvalue weighted by molar-refractivity contribution is 0.0572. The maximum atomic E-state index is 9.56. The van der Waals surface area contributed by atoms with Crippen LogP contribution in [0.1, 0.15) is 32.6 Å². The van der Waals surface area contributed by atoms with E-state index in [1.54, 1.807) is 0 Å². The molecule has 2 rings (SSSR count). The molecule has 0 spiro atoms. The molecule has 2 aliphatic rings. The molecule has 2 fully saturated rings. The fraction of sp³-hybridized carbons (Fsp3) is 1.00. The van der Waals surface area contributed by atoms with Crippen LogP contribution in [-0.2, 0) is 0 Å². The topological polar surface area (TPSA) is 55.7 Å². The monoisotopic (exact) mass is 242 g/mol. The molecule has 17 heavy (non-hydrogen) atoms. The van der Waals surface area contributed by atoms with Crippen LogP contribution >= 0.6 is 0 Å². The van der Waals surface area contributed by atoms with Crippen LogP contribution in [0, 0.1) is 5.92 Å². The van der Waals surface area contributed by atoms with Gasteiger partial charge in [-0.2, -0.15) is 0 Å². The zero-order valence-corrected chi connectivity index (χ0v) is 10.8. The van der Waals surface area contributed by atoms with Crippen molar-refractivity contribution in [3.63, 3.8) is 0 Å². The molecule has 0 amide bonds. The Labute approximate surface area is 104 Å². The molecule has 0 aromatic heterocycles. The molecule has 100 valence electrons. The summed E-state index contributed by atoms with van der Waals surface area (Å²) in [6.45, 7) is 5.49. The Kier molecular flexibility index (Phi) is 4.79. The van der Waals surface area contributed by atoms with E-state index in [0.717, 1.165) is 13.1 Å². The summed E-state index contributed by atoms with van der Waals surface area (Å²) >= 11 is 0. The second-order valence-electron chi connectivity index (χ2n) is 5.56. The molecule has 4 heteroatoms. The average Bonchev–Trinajstić information content (AvgIpc) is 2.61. The third-order valence-corrected chi connectivity index (χ3v) is 4.20. The van der Waals surface area contributed by atoms with Crippen molar-refractivity contribution in [2.24, 2.45) is 5.92 Å². The van der Waals surface area contributed by atoms with Gasteiger partial charge < -0.3 is 15.5 Å². The second-order valence-corrected chi connectivity index (χ2v) is 5.56. The summed E-state index contributed by atoms with van der Waals surface area (Å²) in [5.74, 6) is 0.682. The average molecular weight is 242 g/mol. The summed E-state index contributed by atoms with van der Waals surface area (Å²) in [5, 5.41) is 22.7. The van der Waals surface area contributed by atoms with E-state index in [9.17, 15) is 10.2 Å².